The maximum Gasteiger partial charge on any atom is 0.238 e. The zero-order chi connectivity index (χ0) is 19.5. The smallest absolute Gasteiger partial charge is 0.238 e. The van der Waals surface area contributed by atoms with E-state index >= 15 is 0 Å². The van der Waals surface area contributed by atoms with E-state index in [9.17, 15) is 9.59 Å². The fourth-order valence-corrected chi connectivity index (χ4v) is 5.01. The second kappa shape index (κ2) is 8.55. The van der Waals surface area contributed by atoms with Gasteiger partial charge < -0.3 is 15.1 Å². The maximum atomic E-state index is 12.7. The number of fused-ring (bicyclic) bond motifs is 1. The third kappa shape index (κ3) is 4.51. The molecule has 1 atom stereocenters. The molecule has 0 radical (unpaired) electrons. The number of carbonyl (C=O) groups is 2. The number of rotatable bonds is 4. The lowest BCUT2D eigenvalue weighted by Gasteiger charge is -2.33. The van der Waals surface area contributed by atoms with Crippen LogP contribution < -0.4 is 10.2 Å². The molecule has 0 bridgehead atoms. The SMILES string of the molecule is O=C1Nc2ccccc2S[C@@H]1CC(=O)N1CC[NH+](Cc2cccc(Cl)c2)CC1. The predicted molar refractivity (Wildman–Crippen MR) is 112 cm³/mol. The van der Waals surface area contributed by atoms with Crippen LogP contribution in [0, 0.1) is 0 Å². The minimum absolute atomic E-state index is 0.0637. The number of thioether (sulfide) groups is 1. The summed E-state index contributed by atoms with van der Waals surface area (Å²) in [4.78, 5) is 29.5. The summed E-state index contributed by atoms with van der Waals surface area (Å²) < 4.78 is 0. The van der Waals surface area contributed by atoms with Gasteiger partial charge >= 0.3 is 0 Å². The van der Waals surface area contributed by atoms with Crippen LogP contribution in [-0.2, 0) is 16.1 Å². The minimum atomic E-state index is -0.362. The molecule has 146 valence electrons. The Hall–Kier alpha value is -2.02. The lowest BCUT2D eigenvalue weighted by Crippen LogP contribution is -3.13. The Morgan fingerprint density at radius 1 is 1.18 bits per heavy atom. The summed E-state index contributed by atoms with van der Waals surface area (Å²) in [5.41, 5.74) is 2.05. The number of halogens is 1. The Morgan fingerprint density at radius 3 is 2.75 bits per heavy atom. The highest BCUT2D eigenvalue weighted by Crippen LogP contribution is 2.36. The van der Waals surface area contributed by atoms with Crippen molar-refractivity contribution in [3.05, 3.63) is 59.1 Å². The van der Waals surface area contributed by atoms with Crippen molar-refractivity contribution in [1.29, 1.82) is 0 Å². The Balaban J connectivity index is 1.29. The van der Waals surface area contributed by atoms with Crippen LogP contribution in [0.3, 0.4) is 0 Å². The van der Waals surface area contributed by atoms with Crippen molar-refractivity contribution in [2.24, 2.45) is 0 Å². The van der Waals surface area contributed by atoms with E-state index in [1.165, 1.54) is 22.2 Å². The van der Waals surface area contributed by atoms with Gasteiger partial charge in [0.1, 0.15) is 6.54 Å². The van der Waals surface area contributed by atoms with E-state index in [0.717, 1.165) is 48.3 Å². The molecular formula is C21H23ClN3O2S+. The van der Waals surface area contributed by atoms with Crippen LogP contribution in [0.2, 0.25) is 5.02 Å². The molecule has 1 saturated heterocycles. The number of quaternary nitrogens is 1. The standard InChI is InChI=1S/C21H22ClN3O2S/c22-16-5-3-4-15(12-16)14-24-8-10-25(11-9-24)20(26)13-19-21(27)23-17-6-1-2-7-18(17)28-19/h1-7,12,19H,8-11,13-14H2,(H,23,27)/p+1/t19-/m1/s1. The van der Waals surface area contributed by atoms with Crippen molar-refractivity contribution in [3.8, 4) is 0 Å². The molecule has 2 aromatic rings. The Bertz CT molecular complexity index is 883. The van der Waals surface area contributed by atoms with Crippen molar-refractivity contribution >= 4 is 40.9 Å². The second-order valence-electron chi connectivity index (χ2n) is 7.23. The van der Waals surface area contributed by atoms with Crippen molar-refractivity contribution in [1.82, 2.24) is 4.90 Å². The molecule has 0 unspecified atom stereocenters. The van der Waals surface area contributed by atoms with E-state index < -0.39 is 0 Å². The monoisotopic (exact) mass is 416 g/mol. The number of hydrogen-bond donors (Lipinski definition) is 2. The quantitative estimate of drug-likeness (QED) is 0.802. The van der Waals surface area contributed by atoms with Gasteiger partial charge in [0.25, 0.3) is 0 Å². The molecule has 7 heteroatoms. The zero-order valence-corrected chi connectivity index (χ0v) is 17.1. The highest BCUT2D eigenvalue weighted by atomic mass is 35.5. The third-order valence-electron chi connectivity index (χ3n) is 5.23. The summed E-state index contributed by atoms with van der Waals surface area (Å²) in [6.07, 6.45) is 0.245. The number of carbonyl (C=O) groups excluding carboxylic acids is 2. The first-order chi connectivity index (χ1) is 13.6. The number of anilines is 1. The van der Waals surface area contributed by atoms with Crippen LogP contribution in [0.25, 0.3) is 0 Å². The first kappa shape index (κ1) is 19.3. The fourth-order valence-electron chi connectivity index (χ4n) is 3.70. The maximum absolute atomic E-state index is 12.7. The summed E-state index contributed by atoms with van der Waals surface area (Å²) in [5.74, 6) is -0.0175. The van der Waals surface area contributed by atoms with Crippen LogP contribution in [-0.4, -0.2) is 48.1 Å². The van der Waals surface area contributed by atoms with Crippen LogP contribution in [0.1, 0.15) is 12.0 Å². The molecule has 0 spiro atoms. The minimum Gasteiger partial charge on any atom is -0.331 e. The summed E-state index contributed by atoms with van der Waals surface area (Å²) in [5, 5.41) is 3.31. The van der Waals surface area contributed by atoms with Crippen LogP contribution >= 0.6 is 23.4 Å². The lowest BCUT2D eigenvalue weighted by atomic mass is 10.2. The van der Waals surface area contributed by atoms with Gasteiger partial charge in [-0.05, 0) is 24.3 Å². The first-order valence-electron chi connectivity index (χ1n) is 9.51. The number of amides is 2. The molecule has 0 aliphatic carbocycles. The molecule has 2 N–H and O–H groups in total. The van der Waals surface area contributed by atoms with E-state index in [0.29, 0.717) is 0 Å². The Labute approximate surface area is 174 Å². The molecule has 2 heterocycles. The van der Waals surface area contributed by atoms with Crippen molar-refractivity contribution in [2.75, 3.05) is 31.5 Å². The summed E-state index contributed by atoms with van der Waals surface area (Å²) in [6, 6.07) is 15.7. The van der Waals surface area contributed by atoms with Gasteiger partial charge in [0.05, 0.1) is 37.1 Å². The van der Waals surface area contributed by atoms with E-state index in [-0.39, 0.29) is 23.5 Å². The van der Waals surface area contributed by atoms with E-state index in [4.69, 9.17) is 11.6 Å². The van der Waals surface area contributed by atoms with Crippen LogP contribution in [0.4, 0.5) is 5.69 Å². The van der Waals surface area contributed by atoms with Crippen LogP contribution in [0.15, 0.2) is 53.4 Å². The topological polar surface area (TPSA) is 53.9 Å². The van der Waals surface area contributed by atoms with Crippen molar-refractivity contribution < 1.29 is 14.5 Å². The molecule has 2 amide bonds. The number of benzene rings is 2. The van der Waals surface area contributed by atoms with Gasteiger partial charge in [-0.2, -0.15) is 0 Å². The summed E-state index contributed by atoms with van der Waals surface area (Å²) >= 11 is 7.55. The highest BCUT2D eigenvalue weighted by Gasteiger charge is 2.32. The lowest BCUT2D eigenvalue weighted by molar-refractivity contribution is -0.917. The highest BCUT2D eigenvalue weighted by molar-refractivity contribution is 8.01. The summed E-state index contributed by atoms with van der Waals surface area (Å²) in [7, 11) is 0. The predicted octanol–water partition coefficient (Wildman–Crippen LogP) is 2.07. The number of nitrogens with zero attached hydrogens (tertiary/aromatic N) is 1. The Morgan fingerprint density at radius 2 is 1.96 bits per heavy atom. The largest absolute Gasteiger partial charge is 0.331 e. The third-order valence-corrected chi connectivity index (χ3v) is 6.74. The molecule has 5 nitrogen and oxygen atoms in total. The van der Waals surface area contributed by atoms with E-state index in [1.54, 1.807) is 0 Å². The van der Waals surface area contributed by atoms with Gasteiger partial charge in [0.2, 0.25) is 11.8 Å². The van der Waals surface area contributed by atoms with Crippen molar-refractivity contribution in [3.63, 3.8) is 0 Å². The molecule has 1 fully saturated rings. The van der Waals surface area contributed by atoms with Crippen molar-refractivity contribution in [2.45, 2.75) is 23.1 Å². The Kier molecular flexibility index (Phi) is 5.90. The molecule has 2 aromatic carbocycles. The van der Waals surface area contributed by atoms with Gasteiger partial charge in [0, 0.05) is 21.9 Å². The molecular weight excluding hydrogens is 394 g/mol. The average molecular weight is 417 g/mol. The molecule has 4 rings (SSSR count). The number of piperazine rings is 1. The van der Waals surface area contributed by atoms with Gasteiger partial charge in [-0.1, -0.05) is 35.9 Å². The number of nitrogens with one attached hydrogen (secondary N) is 2. The number of para-hydroxylation sites is 1. The zero-order valence-electron chi connectivity index (χ0n) is 15.5. The molecule has 0 saturated carbocycles. The van der Waals surface area contributed by atoms with Gasteiger partial charge in [-0.15, -0.1) is 11.8 Å². The molecule has 28 heavy (non-hydrogen) atoms. The second-order valence-corrected chi connectivity index (χ2v) is 8.91. The van der Waals surface area contributed by atoms with Gasteiger partial charge in [-0.3, -0.25) is 9.59 Å². The average Bonchev–Trinajstić information content (AvgIpc) is 2.69. The first-order valence-corrected chi connectivity index (χ1v) is 10.8. The van der Waals surface area contributed by atoms with Gasteiger partial charge in [0.15, 0.2) is 0 Å². The number of hydrogen-bond acceptors (Lipinski definition) is 3. The fraction of sp³-hybridized carbons (Fsp3) is 0.333. The molecule has 2 aliphatic rings. The molecule has 0 aromatic heterocycles. The summed E-state index contributed by atoms with van der Waals surface area (Å²) in [6.45, 7) is 4.19. The normalized spacial score (nSPS) is 19.8. The molecule has 2 aliphatic heterocycles. The van der Waals surface area contributed by atoms with Gasteiger partial charge in [-0.25, -0.2) is 0 Å². The van der Waals surface area contributed by atoms with E-state index in [2.05, 4.69) is 11.4 Å². The van der Waals surface area contributed by atoms with Crippen LogP contribution in [0.5, 0.6) is 0 Å². The van der Waals surface area contributed by atoms with E-state index in [1.807, 2.05) is 47.4 Å².